The van der Waals surface area contributed by atoms with Crippen molar-refractivity contribution in [3.8, 4) is 0 Å². The molecule has 1 fully saturated rings. The van der Waals surface area contributed by atoms with Crippen LogP contribution in [0.3, 0.4) is 0 Å². The van der Waals surface area contributed by atoms with Crippen molar-refractivity contribution in [2.24, 2.45) is 5.92 Å². The molecule has 0 bridgehead atoms. The van der Waals surface area contributed by atoms with Gasteiger partial charge in [0.25, 0.3) is 5.91 Å². The summed E-state index contributed by atoms with van der Waals surface area (Å²) >= 11 is 0. The van der Waals surface area contributed by atoms with Gasteiger partial charge in [-0.05, 0) is 30.9 Å². The molecule has 0 saturated heterocycles. The first kappa shape index (κ1) is 14.8. The highest BCUT2D eigenvalue weighted by atomic mass is 16.4. The number of furan rings is 1. The van der Waals surface area contributed by atoms with Crippen LogP contribution in [0, 0.1) is 5.92 Å². The summed E-state index contributed by atoms with van der Waals surface area (Å²) in [7, 11) is -1.76. The van der Waals surface area contributed by atoms with E-state index in [9.17, 15) is 19.6 Å². The molecule has 1 aromatic carbocycles. The van der Waals surface area contributed by atoms with Crippen LogP contribution in [0.5, 0.6) is 0 Å². The van der Waals surface area contributed by atoms with E-state index < -0.39 is 24.8 Å². The Morgan fingerprint density at radius 2 is 2.05 bits per heavy atom. The van der Waals surface area contributed by atoms with Crippen LogP contribution in [0.25, 0.3) is 11.0 Å². The third-order valence-electron chi connectivity index (χ3n) is 3.85. The summed E-state index contributed by atoms with van der Waals surface area (Å²) in [5, 5.41) is 22.2. The number of nitrogens with one attached hydrogen (secondary N) is 1. The second-order valence-electron chi connectivity index (χ2n) is 5.59. The van der Waals surface area contributed by atoms with Crippen LogP contribution in [-0.2, 0) is 16.0 Å². The first-order valence-electron chi connectivity index (χ1n) is 7.22. The molecule has 3 N–H and O–H groups in total. The van der Waals surface area contributed by atoms with Gasteiger partial charge in [-0.3, -0.25) is 9.59 Å². The Hall–Kier alpha value is -2.12. The highest BCUT2D eigenvalue weighted by Crippen LogP contribution is 2.29. The minimum Gasteiger partial charge on any atom is -0.464 e. The van der Waals surface area contributed by atoms with E-state index in [0.717, 1.165) is 23.8 Å². The lowest BCUT2D eigenvalue weighted by atomic mass is 9.75. The van der Waals surface area contributed by atoms with Gasteiger partial charge in [0, 0.05) is 11.3 Å². The van der Waals surface area contributed by atoms with Gasteiger partial charge in [0.15, 0.2) is 0 Å². The largest absolute Gasteiger partial charge is 0.475 e. The van der Waals surface area contributed by atoms with Gasteiger partial charge in [0.05, 0.1) is 12.2 Å². The number of fused-ring (bicyclic) bond motifs is 1. The molecule has 1 atom stereocenters. The quantitative estimate of drug-likeness (QED) is 0.531. The molecule has 1 amide bonds. The molecule has 6 nitrogen and oxygen atoms in total. The van der Waals surface area contributed by atoms with Crippen molar-refractivity contribution in [2.45, 2.75) is 25.2 Å². The molecule has 1 unspecified atom stereocenters. The lowest BCUT2D eigenvalue weighted by Gasteiger charge is -2.16. The Labute approximate surface area is 127 Å². The van der Waals surface area contributed by atoms with Crippen LogP contribution < -0.4 is 5.32 Å². The van der Waals surface area contributed by atoms with Gasteiger partial charge in [0.1, 0.15) is 5.58 Å². The Kier molecular flexibility index (Phi) is 4.00. The molecule has 1 saturated carbocycles. The molecule has 2 aromatic rings. The summed E-state index contributed by atoms with van der Waals surface area (Å²) in [5.41, 5.74) is 1.43. The number of benzene rings is 1. The number of amides is 1. The van der Waals surface area contributed by atoms with Gasteiger partial charge in [-0.1, -0.05) is 18.2 Å². The molecule has 1 aliphatic rings. The van der Waals surface area contributed by atoms with Gasteiger partial charge < -0.3 is 19.8 Å². The van der Waals surface area contributed by atoms with Crippen molar-refractivity contribution >= 4 is 29.8 Å². The molecule has 7 heteroatoms. The third kappa shape index (κ3) is 3.05. The predicted octanol–water partition coefficient (Wildman–Crippen LogP) is 0.451. The average molecular weight is 301 g/mol. The maximum Gasteiger partial charge on any atom is 0.475 e. The summed E-state index contributed by atoms with van der Waals surface area (Å²) in [4.78, 5) is 23.5. The summed E-state index contributed by atoms with van der Waals surface area (Å²) in [6, 6.07) is 7.34. The molecule has 3 rings (SSSR count). The SMILES string of the molecule is O=C(NC(Cc1coc2ccccc12)B(O)O)C(=O)C1CC1. The third-order valence-corrected chi connectivity index (χ3v) is 3.85. The number of hydrogen-bond donors (Lipinski definition) is 3. The zero-order valence-electron chi connectivity index (χ0n) is 11.9. The first-order chi connectivity index (χ1) is 10.6. The first-order valence-corrected chi connectivity index (χ1v) is 7.22. The highest BCUT2D eigenvalue weighted by molar-refractivity contribution is 6.46. The van der Waals surface area contributed by atoms with Gasteiger partial charge in [-0.2, -0.15) is 0 Å². The molecule has 1 heterocycles. The number of rotatable bonds is 6. The Morgan fingerprint density at radius 1 is 1.32 bits per heavy atom. The van der Waals surface area contributed by atoms with E-state index in [1.807, 2.05) is 18.2 Å². The molecule has 114 valence electrons. The molecule has 1 aliphatic carbocycles. The second-order valence-corrected chi connectivity index (χ2v) is 5.59. The van der Waals surface area contributed by atoms with Crippen LogP contribution in [-0.4, -0.2) is 34.8 Å². The van der Waals surface area contributed by atoms with E-state index in [0.29, 0.717) is 5.58 Å². The van der Waals surface area contributed by atoms with Gasteiger partial charge in [-0.15, -0.1) is 0 Å². The van der Waals surface area contributed by atoms with Crippen molar-refractivity contribution < 1.29 is 24.1 Å². The van der Waals surface area contributed by atoms with Crippen molar-refractivity contribution in [3.05, 3.63) is 36.1 Å². The molecule has 0 spiro atoms. The van der Waals surface area contributed by atoms with E-state index in [4.69, 9.17) is 4.42 Å². The lowest BCUT2D eigenvalue weighted by molar-refractivity contribution is -0.138. The summed E-state index contributed by atoms with van der Waals surface area (Å²) in [6.45, 7) is 0. The van der Waals surface area contributed by atoms with E-state index in [1.54, 1.807) is 6.07 Å². The normalized spacial score (nSPS) is 15.5. The smallest absolute Gasteiger partial charge is 0.464 e. The fourth-order valence-corrected chi connectivity index (χ4v) is 2.43. The van der Waals surface area contributed by atoms with E-state index in [2.05, 4.69) is 5.32 Å². The van der Waals surface area contributed by atoms with Crippen LogP contribution in [0.15, 0.2) is 34.9 Å². The number of carbonyl (C=O) groups excluding carboxylic acids is 2. The summed E-state index contributed by atoms with van der Waals surface area (Å²) in [6.07, 6.45) is 3.14. The molecule has 1 aromatic heterocycles. The van der Waals surface area contributed by atoms with Crippen molar-refractivity contribution in [1.29, 1.82) is 0 Å². The standard InChI is InChI=1S/C15H16BNO5/c18-14(9-5-6-9)15(19)17-13(16(20)21)7-10-8-22-12-4-2-1-3-11(10)12/h1-4,8-9,13,20-21H,5-7H2,(H,17,19). The molecule has 0 aliphatic heterocycles. The van der Waals surface area contributed by atoms with E-state index >= 15 is 0 Å². The van der Waals surface area contributed by atoms with Gasteiger partial charge >= 0.3 is 7.12 Å². The van der Waals surface area contributed by atoms with Crippen molar-refractivity contribution in [3.63, 3.8) is 0 Å². The van der Waals surface area contributed by atoms with Crippen LogP contribution >= 0.6 is 0 Å². The Morgan fingerprint density at radius 3 is 2.73 bits per heavy atom. The zero-order valence-corrected chi connectivity index (χ0v) is 11.9. The summed E-state index contributed by atoms with van der Waals surface area (Å²) < 4.78 is 5.39. The zero-order chi connectivity index (χ0) is 15.7. The molecular weight excluding hydrogens is 285 g/mol. The van der Waals surface area contributed by atoms with Gasteiger partial charge in [0.2, 0.25) is 5.78 Å². The number of carbonyl (C=O) groups is 2. The molecular formula is C15H16BNO5. The average Bonchev–Trinajstić information content (AvgIpc) is 3.28. The highest BCUT2D eigenvalue weighted by Gasteiger charge is 2.36. The minimum absolute atomic E-state index is 0.165. The predicted molar refractivity (Wildman–Crippen MR) is 79.8 cm³/mol. The van der Waals surface area contributed by atoms with Crippen LogP contribution in [0.4, 0.5) is 0 Å². The van der Waals surface area contributed by atoms with E-state index in [1.165, 1.54) is 6.26 Å². The van der Waals surface area contributed by atoms with Crippen molar-refractivity contribution in [2.75, 3.05) is 0 Å². The Balaban J connectivity index is 1.74. The molecule has 0 radical (unpaired) electrons. The van der Waals surface area contributed by atoms with Crippen LogP contribution in [0.2, 0.25) is 0 Å². The molecule has 22 heavy (non-hydrogen) atoms. The monoisotopic (exact) mass is 301 g/mol. The fourth-order valence-electron chi connectivity index (χ4n) is 2.43. The van der Waals surface area contributed by atoms with Crippen LogP contribution in [0.1, 0.15) is 18.4 Å². The second kappa shape index (κ2) is 5.94. The number of ketones is 1. The topological polar surface area (TPSA) is 99.8 Å². The minimum atomic E-state index is -1.76. The van der Waals surface area contributed by atoms with Crippen molar-refractivity contribution in [1.82, 2.24) is 5.32 Å². The Bertz CT molecular complexity index is 707. The number of Topliss-reactive ketones (excluding diaryl/α,β-unsaturated/α-hetero) is 1. The van der Waals surface area contributed by atoms with E-state index in [-0.39, 0.29) is 12.3 Å². The fraction of sp³-hybridized carbons (Fsp3) is 0.333. The maximum absolute atomic E-state index is 11.8. The maximum atomic E-state index is 11.8. The number of hydrogen-bond acceptors (Lipinski definition) is 5. The summed E-state index contributed by atoms with van der Waals surface area (Å²) in [5.74, 6) is -2.40. The number of para-hydroxylation sites is 1. The van der Waals surface area contributed by atoms with Gasteiger partial charge in [-0.25, -0.2) is 0 Å². The lowest BCUT2D eigenvalue weighted by Crippen LogP contribution is -2.50.